The Morgan fingerprint density at radius 1 is 1.19 bits per heavy atom. The molecule has 6 nitrogen and oxygen atoms in total. The molecule has 0 bridgehead atoms. The molecule has 1 N–H and O–H groups in total. The first-order chi connectivity index (χ1) is 12.5. The van der Waals surface area contributed by atoms with Gasteiger partial charge in [0.15, 0.2) is 4.32 Å². The number of rotatable bonds is 5. The lowest BCUT2D eigenvalue weighted by Gasteiger charge is -2.18. The number of nitrogens with one attached hydrogen (secondary N) is 1. The summed E-state index contributed by atoms with van der Waals surface area (Å²) in [6, 6.07) is 9.47. The Labute approximate surface area is 169 Å². The average molecular weight is 424 g/mol. The van der Waals surface area contributed by atoms with Crippen LogP contribution in [0.1, 0.15) is 12.0 Å². The number of benzene rings is 1. The SMILES string of the molecule is O=C(CCN1C(=O)C(=Cc2ccccc2)SC1=S)NN1C(=O)CSC1=S. The second kappa shape index (κ2) is 8.30. The first kappa shape index (κ1) is 19.0. The fourth-order valence-electron chi connectivity index (χ4n) is 2.25. The van der Waals surface area contributed by atoms with Crippen molar-refractivity contribution >= 4 is 80.4 Å². The van der Waals surface area contributed by atoms with Crippen LogP contribution in [-0.2, 0) is 14.4 Å². The zero-order chi connectivity index (χ0) is 18.7. The third-order valence-electron chi connectivity index (χ3n) is 3.52. The molecule has 0 aliphatic carbocycles. The lowest BCUT2D eigenvalue weighted by atomic mass is 10.2. The van der Waals surface area contributed by atoms with E-state index in [0.717, 1.165) is 10.6 Å². The number of hydrazine groups is 1. The van der Waals surface area contributed by atoms with Gasteiger partial charge in [-0.05, 0) is 11.6 Å². The number of carbonyl (C=O) groups excluding carboxylic acids is 3. The second-order valence-corrected chi connectivity index (χ2v) is 8.60. The molecular weight excluding hydrogens is 410 g/mol. The zero-order valence-corrected chi connectivity index (χ0v) is 16.6. The molecule has 1 aromatic rings. The summed E-state index contributed by atoms with van der Waals surface area (Å²) in [5.74, 6) is -0.660. The van der Waals surface area contributed by atoms with E-state index >= 15 is 0 Å². The molecule has 0 radical (unpaired) electrons. The topological polar surface area (TPSA) is 69.7 Å². The van der Waals surface area contributed by atoms with Gasteiger partial charge in [-0.25, -0.2) is 5.01 Å². The lowest BCUT2D eigenvalue weighted by Crippen LogP contribution is -2.46. The molecule has 3 rings (SSSR count). The molecule has 2 saturated heterocycles. The molecule has 26 heavy (non-hydrogen) atoms. The minimum absolute atomic E-state index is 0.0160. The minimum atomic E-state index is -0.399. The van der Waals surface area contributed by atoms with Crippen LogP contribution in [0, 0.1) is 0 Å². The highest BCUT2D eigenvalue weighted by molar-refractivity contribution is 8.26. The Kier molecular flexibility index (Phi) is 6.07. The van der Waals surface area contributed by atoms with Crippen LogP contribution in [0.5, 0.6) is 0 Å². The Morgan fingerprint density at radius 2 is 1.92 bits per heavy atom. The first-order valence-corrected chi connectivity index (χ1v) is 10.2. The van der Waals surface area contributed by atoms with Gasteiger partial charge in [0.05, 0.1) is 10.7 Å². The van der Waals surface area contributed by atoms with Crippen molar-refractivity contribution in [2.75, 3.05) is 12.3 Å². The van der Waals surface area contributed by atoms with Crippen molar-refractivity contribution < 1.29 is 14.4 Å². The van der Waals surface area contributed by atoms with Crippen molar-refractivity contribution in [1.82, 2.24) is 15.3 Å². The highest BCUT2D eigenvalue weighted by atomic mass is 32.2. The van der Waals surface area contributed by atoms with Crippen molar-refractivity contribution in [2.45, 2.75) is 6.42 Å². The van der Waals surface area contributed by atoms with Crippen molar-refractivity contribution in [3.05, 3.63) is 40.8 Å². The largest absolute Gasteiger partial charge is 0.292 e. The molecule has 2 aliphatic rings. The Morgan fingerprint density at radius 3 is 2.58 bits per heavy atom. The maximum Gasteiger partial charge on any atom is 0.266 e. The van der Waals surface area contributed by atoms with Gasteiger partial charge in [0.1, 0.15) is 4.32 Å². The van der Waals surface area contributed by atoms with E-state index in [2.05, 4.69) is 5.43 Å². The normalized spacial score (nSPS) is 19.0. The Balaban J connectivity index is 1.58. The smallest absolute Gasteiger partial charge is 0.266 e. The number of thiocarbonyl (C=S) groups is 2. The van der Waals surface area contributed by atoms with E-state index in [9.17, 15) is 14.4 Å². The number of hydrogen-bond acceptors (Lipinski definition) is 7. The highest BCUT2D eigenvalue weighted by Crippen LogP contribution is 2.32. The molecule has 0 aromatic heterocycles. The van der Waals surface area contributed by atoms with E-state index < -0.39 is 5.91 Å². The van der Waals surface area contributed by atoms with Gasteiger partial charge in [-0.15, -0.1) is 0 Å². The third kappa shape index (κ3) is 4.32. The average Bonchev–Trinajstić information content (AvgIpc) is 3.07. The van der Waals surface area contributed by atoms with Gasteiger partial charge in [-0.2, -0.15) is 0 Å². The molecule has 2 heterocycles. The highest BCUT2D eigenvalue weighted by Gasteiger charge is 2.33. The number of thioether (sulfide) groups is 2. The molecule has 2 fully saturated rings. The van der Waals surface area contributed by atoms with Crippen molar-refractivity contribution in [3.63, 3.8) is 0 Å². The molecule has 0 saturated carbocycles. The fourth-order valence-corrected chi connectivity index (χ4v) is 4.54. The van der Waals surface area contributed by atoms with E-state index in [4.69, 9.17) is 24.4 Å². The number of amides is 3. The molecule has 0 unspecified atom stereocenters. The van der Waals surface area contributed by atoms with Gasteiger partial charge in [-0.3, -0.25) is 24.7 Å². The predicted molar refractivity (Wildman–Crippen MR) is 111 cm³/mol. The summed E-state index contributed by atoms with van der Waals surface area (Å²) in [4.78, 5) is 38.1. The molecule has 134 valence electrons. The van der Waals surface area contributed by atoms with E-state index in [1.165, 1.54) is 28.4 Å². The van der Waals surface area contributed by atoms with Gasteiger partial charge < -0.3 is 0 Å². The summed E-state index contributed by atoms with van der Waals surface area (Å²) in [6.07, 6.45) is 1.79. The maximum atomic E-state index is 12.5. The molecule has 3 amide bonds. The summed E-state index contributed by atoms with van der Waals surface area (Å²) in [5, 5.41) is 1.07. The molecule has 1 aromatic carbocycles. The van der Waals surface area contributed by atoms with Crippen LogP contribution in [0.4, 0.5) is 0 Å². The van der Waals surface area contributed by atoms with Gasteiger partial charge in [0.25, 0.3) is 11.8 Å². The van der Waals surface area contributed by atoms with Crippen LogP contribution in [0.15, 0.2) is 35.2 Å². The third-order valence-corrected chi connectivity index (χ3v) is 6.26. The fraction of sp³-hybridized carbons (Fsp3) is 0.188. The minimum Gasteiger partial charge on any atom is -0.292 e. The summed E-state index contributed by atoms with van der Waals surface area (Å²) in [5.41, 5.74) is 3.37. The van der Waals surface area contributed by atoms with Crippen LogP contribution in [0.25, 0.3) is 6.08 Å². The standard InChI is InChI=1S/C16H13N3O3S4/c20-12(17-19-13(21)9-25-16(19)24)6-7-18-14(22)11(26-15(18)23)8-10-4-2-1-3-5-10/h1-5,8H,6-7,9H2,(H,17,20). The van der Waals surface area contributed by atoms with E-state index in [1.54, 1.807) is 6.08 Å². The lowest BCUT2D eigenvalue weighted by molar-refractivity contribution is -0.134. The van der Waals surface area contributed by atoms with Gasteiger partial charge in [-0.1, -0.05) is 78.3 Å². The van der Waals surface area contributed by atoms with E-state index in [1.807, 2.05) is 30.3 Å². The quantitative estimate of drug-likeness (QED) is 0.575. The number of nitrogens with zero attached hydrogens (tertiary/aromatic N) is 2. The van der Waals surface area contributed by atoms with Gasteiger partial charge in [0.2, 0.25) is 5.91 Å². The summed E-state index contributed by atoms with van der Waals surface area (Å²) in [7, 11) is 0. The summed E-state index contributed by atoms with van der Waals surface area (Å²) in [6.45, 7) is 0.143. The molecule has 0 atom stereocenters. The second-order valence-electron chi connectivity index (χ2n) is 5.31. The molecule has 2 aliphatic heterocycles. The first-order valence-electron chi connectivity index (χ1n) is 7.55. The number of carbonyl (C=O) groups is 3. The zero-order valence-electron chi connectivity index (χ0n) is 13.3. The summed E-state index contributed by atoms with van der Waals surface area (Å²) < 4.78 is 0.730. The monoisotopic (exact) mass is 423 g/mol. The Bertz CT molecular complexity index is 809. The van der Waals surface area contributed by atoms with E-state index in [0.29, 0.717) is 13.5 Å². The maximum absolute atomic E-state index is 12.5. The van der Waals surface area contributed by atoms with Crippen LogP contribution in [0.2, 0.25) is 0 Å². The predicted octanol–water partition coefficient (Wildman–Crippen LogP) is 2.17. The van der Waals surface area contributed by atoms with Gasteiger partial charge >= 0.3 is 0 Å². The van der Waals surface area contributed by atoms with Crippen LogP contribution < -0.4 is 5.43 Å². The van der Waals surface area contributed by atoms with Crippen LogP contribution in [-0.4, -0.2) is 48.6 Å². The van der Waals surface area contributed by atoms with Crippen molar-refractivity contribution in [1.29, 1.82) is 0 Å². The van der Waals surface area contributed by atoms with E-state index in [-0.39, 0.29) is 30.5 Å². The summed E-state index contributed by atoms with van der Waals surface area (Å²) >= 11 is 12.7. The number of hydrogen-bond donors (Lipinski definition) is 1. The van der Waals surface area contributed by atoms with Crippen molar-refractivity contribution in [3.8, 4) is 0 Å². The molecule has 0 spiro atoms. The van der Waals surface area contributed by atoms with Gasteiger partial charge in [0, 0.05) is 13.0 Å². The molecule has 10 heteroatoms. The van der Waals surface area contributed by atoms with Crippen LogP contribution >= 0.6 is 48.0 Å². The van der Waals surface area contributed by atoms with Crippen LogP contribution in [0.3, 0.4) is 0 Å². The Hall–Kier alpha value is -1.75. The van der Waals surface area contributed by atoms with Crippen molar-refractivity contribution in [2.24, 2.45) is 0 Å². The molecular formula is C16H13N3O3S4.